The molecule has 3 aromatic rings. The van der Waals surface area contributed by atoms with Crippen molar-refractivity contribution < 1.29 is 9.53 Å². The Kier molecular flexibility index (Phi) is 7.87. The molecule has 8 heteroatoms. The summed E-state index contributed by atoms with van der Waals surface area (Å²) < 4.78 is 9.73. The molecule has 2 heterocycles. The topological polar surface area (TPSA) is 34.5 Å². The number of ether oxygens (including phenoxy) is 1. The molecule has 2 aromatic carbocycles. The molecule has 182 valence electrons. The molecule has 2 fully saturated rings. The molecule has 1 saturated carbocycles. The van der Waals surface area contributed by atoms with Crippen molar-refractivity contribution in [3.8, 4) is 5.75 Å². The number of amides is 1. The van der Waals surface area contributed by atoms with Crippen LogP contribution < -0.4 is 4.74 Å². The number of thiocarbonyl (C=S) groups is 1. The largest absolute Gasteiger partial charge is 0.490 e. The van der Waals surface area contributed by atoms with Gasteiger partial charge in [0.1, 0.15) is 16.7 Å². The smallest absolute Gasteiger partial charge is 0.266 e. The predicted octanol–water partition coefficient (Wildman–Crippen LogP) is 7.92. The third-order valence-electron chi connectivity index (χ3n) is 6.70. The number of thioether (sulfide) groups is 1. The highest BCUT2D eigenvalue weighted by Gasteiger charge is 2.32. The fourth-order valence-corrected chi connectivity index (χ4v) is 6.71. The summed E-state index contributed by atoms with van der Waals surface area (Å²) >= 11 is 16.8. The number of carbonyl (C=O) groups excluding carboxylic acids is 1. The molecule has 0 unspecified atom stereocenters. The van der Waals surface area contributed by atoms with Crippen LogP contribution in [0.1, 0.15) is 37.7 Å². The van der Waals surface area contributed by atoms with Gasteiger partial charge in [-0.3, -0.25) is 9.69 Å². The van der Waals surface area contributed by atoms with Gasteiger partial charge in [-0.05, 0) is 48.7 Å². The van der Waals surface area contributed by atoms with Crippen molar-refractivity contribution in [1.82, 2.24) is 9.47 Å². The van der Waals surface area contributed by atoms with Crippen molar-refractivity contribution in [3.63, 3.8) is 0 Å². The van der Waals surface area contributed by atoms with Crippen molar-refractivity contribution >= 4 is 78.7 Å². The van der Waals surface area contributed by atoms with Crippen LogP contribution in [0.25, 0.3) is 17.0 Å². The van der Waals surface area contributed by atoms with E-state index in [0.717, 1.165) is 39.8 Å². The Labute approximate surface area is 228 Å². The molecule has 0 radical (unpaired) electrons. The van der Waals surface area contributed by atoms with Gasteiger partial charge in [0, 0.05) is 33.7 Å². The van der Waals surface area contributed by atoms with Crippen LogP contribution in [0.15, 0.2) is 58.0 Å². The summed E-state index contributed by atoms with van der Waals surface area (Å²) in [6.45, 7) is 1.85. The van der Waals surface area contributed by atoms with E-state index in [1.807, 2.05) is 36.4 Å². The van der Waals surface area contributed by atoms with Crippen molar-refractivity contribution in [2.75, 3.05) is 13.2 Å². The summed E-state index contributed by atoms with van der Waals surface area (Å²) in [5, 5.41) is 1.68. The van der Waals surface area contributed by atoms with Gasteiger partial charge in [-0.2, -0.15) is 0 Å². The lowest BCUT2D eigenvalue weighted by Gasteiger charge is -2.17. The van der Waals surface area contributed by atoms with Crippen LogP contribution in [0, 0.1) is 5.92 Å². The third kappa shape index (κ3) is 5.63. The number of halogens is 2. The first-order valence-corrected chi connectivity index (χ1v) is 14.3. The zero-order valence-corrected chi connectivity index (χ0v) is 23.2. The molecule has 0 atom stereocenters. The van der Waals surface area contributed by atoms with E-state index in [2.05, 4.69) is 38.8 Å². The molecule has 1 amide bonds. The molecule has 4 nitrogen and oxygen atoms in total. The molecular weight excluding hydrogens is 564 g/mol. The SMILES string of the molecule is O=C1/C(=C/c2cn(CCOc3ccccc3Cl)c3ccc(Br)cc23)SC(=S)N1CCC1CCCC1. The minimum absolute atomic E-state index is 0.0240. The number of para-hydroxylation sites is 1. The number of aromatic nitrogens is 1. The van der Waals surface area contributed by atoms with E-state index >= 15 is 0 Å². The van der Waals surface area contributed by atoms with Crippen molar-refractivity contribution in [1.29, 1.82) is 0 Å². The summed E-state index contributed by atoms with van der Waals surface area (Å²) in [5.41, 5.74) is 2.08. The molecule has 2 aliphatic rings. The number of hydrogen-bond acceptors (Lipinski definition) is 4. The minimum Gasteiger partial charge on any atom is -0.490 e. The highest BCUT2D eigenvalue weighted by molar-refractivity contribution is 9.10. The maximum atomic E-state index is 13.2. The fourth-order valence-electron chi connectivity index (χ4n) is 4.86. The van der Waals surface area contributed by atoms with E-state index in [1.54, 1.807) is 4.90 Å². The van der Waals surface area contributed by atoms with Gasteiger partial charge in [-0.25, -0.2) is 0 Å². The Morgan fingerprint density at radius 1 is 1.17 bits per heavy atom. The average Bonchev–Trinajstić information content (AvgIpc) is 3.54. The first-order chi connectivity index (χ1) is 17.0. The zero-order chi connectivity index (χ0) is 24.4. The van der Waals surface area contributed by atoms with E-state index in [4.69, 9.17) is 28.6 Å². The fraction of sp³-hybridized carbons (Fsp3) is 0.333. The molecule has 0 bridgehead atoms. The summed E-state index contributed by atoms with van der Waals surface area (Å²) in [7, 11) is 0. The third-order valence-corrected chi connectivity index (χ3v) is 8.88. The first-order valence-electron chi connectivity index (χ1n) is 11.9. The normalized spacial score (nSPS) is 17.9. The van der Waals surface area contributed by atoms with E-state index in [0.29, 0.717) is 33.1 Å². The lowest BCUT2D eigenvalue weighted by Crippen LogP contribution is -2.30. The van der Waals surface area contributed by atoms with E-state index in [1.165, 1.54) is 37.4 Å². The van der Waals surface area contributed by atoms with E-state index < -0.39 is 0 Å². The number of fused-ring (bicyclic) bond motifs is 1. The second-order valence-corrected chi connectivity index (χ2v) is 12.0. The monoisotopic (exact) mass is 588 g/mol. The van der Waals surface area contributed by atoms with Crippen LogP contribution in [-0.4, -0.2) is 32.8 Å². The van der Waals surface area contributed by atoms with Gasteiger partial charge in [-0.15, -0.1) is 0 Å². The first kappa shape index (κ1) is 24.9. The molecular formula is C27H26BrClN2O2S2. The zero-order valence-electron chi connectivity index (χ0n) is 19.2. The summed E-state index contributed by atoms with van der Waals surface area (Å²) in [5.74, 6) is 1.43. The van der Waals surface area contributed by atoms with E-state index in [9.17, 15) is 4.79 Å². The molecule has 1 aliphatic carbocycles. The Hall–Kier alpha value is -1.80. The Morgan fingerprint density at radius 2 is 1.97 bits per heavy atom. The maximum absolute atomic E-state index is 13.2. The number of rotatable bonds is 8. The summed E-state index contributed by atoms with van der Waals surface area (Å²) in [6, 6.07) is 13.7. The highest BCUT2D eigenvalue weighted by Crippen LogP contribution is 2.36. The Bertz CT molecular complexity index is 1300. The minimum atomic E-state index is 0.0240. The second kappa shape index (κ2) is 11.1. The molecule has 1 saturated heterocycles. The summed E-state index contributed by atoms with van der Waals surface area (Å²) in [4.78, 5) is 15.7. The van der Waals surface area contributed by atoms with Gasteiger partial charge in [0.05, 0.1) is 16.5 Å². The van der Waals surface area contributed by atoms with Crippen LogP contribution in [0.2, 0.25) is 5.02 Å². The second-order valence-electron chi connectivity index (χ2n) is 8.99. The van der Waals surface area contributed by atoms with Crippen LogP contribution in [-0.2, 0) is 11.3 Å². The van der Waals surface area contributed by atoms with Crippen LogP contribution in [0.3, 0.4) is 0 Å². The average molecular weight is 590 g/mol. The van der Waals surface area contributed by atoms with Gasteiger partial charge in [0.2, 0.25) is 0 Å². The standard InChI is InChI=1S/C27H26BrClN2O2S2/c28-20-9-10-23-21(16-20)19(17-30(23)13-14-33-24-8-4-3-7-22(24)29)15-25-26(32)31(27(34)35-25)12-11-18-5-1-2-6-18/h3-4,7-10,15-18H,1-2,5-6,11-14H2/b25-15-. The molecule has 0 N–H and O–H groups in total. The number of nitrogens with zero attached hydrogens (tertiary/aromatic N) is 2. The van der Waals surface area contributed by atoms with Crippen molar-refractivity contribution in [3.05, 3.63) is 68.6 Å². The van der Waals surface area contributed by atoms with Gasteiger partial charge in [-0.1, -0.05) is 89.3 Å². The van der Waals surface area contributed by atoms with Gasteiger partial charge in [0.15, 0.2) is 0 Å². The number of hydrogen-bond donors (Lipinski definition) is 0. The van der Waals surface area contributed by atoms with E-state index in [-0.39, 0.29) is 5.91 Å². The lowest BCUT2D eigenvalue weighted by atomic mass is 10.0. The van der Waals surface area contributed by atoms with Crippen LogP contribution >= 0.6 is 51.5 Å². The highest BCUT2D eigenvalue weighted by atomic mass is 79.9. The quantitative estimate of drug-likeness (QED) is 0.197. The van der Waals surface area contributed by atoms with Gasteiger partial charge in [0.25, 0.3) is 5.91 Å². The van der Waals surface area contributed by atoms with Crippen LogP contribution in [0.4, 0.5) is 0 Å². The lowest BCUT2D eigenvalue weighted by molar-refractivity contribution is -0.122. The molecule has 1 aromatic heterocycles. The molecule has 0 spiro atoms. The van der Waals surface area contributed by atoms with Crippen molar-refractivity contribution in [2.24, 2.45) is 5.92 Å². The van der Waals surface area contributed by atoms with Crippen LogP contribution in [0.5, 0.6) is 5.75 Å². The Balaban J connectivity index is 1.35. The van der Waals surface area contributed by atoms with Gasteiger partial charge >= 0.3 is 0 Å². The summed E-state index contributed by atoms with van der Waals surface area (Å²) in [6.07, 6.45) is 10.3. The predicted molar refractivity (Wildman–Crippen MR) is 153 cm³/mol. The Morgan fingerprint density at radius 3 is 2.77 bits per heavy atom. The number of carbonyl (C=O) groups is 1. The molecule has 5 rings (SSSR count). The van der Waals surface area contributed by atoms with Crippen molar-refractivity contribution in [2.45, 2.75) is 38.6 Å². The molecule has 35 heavy (non-hydrogen) atoms. The maximum Gasteiger partial charge on any atom is 0.266 e. The van der Waals surface area contributed by atoms with Gasteiger partial charge < -0.3 is 9.30 Å². The number of benzene rings is 2. The molecule has 1 aliphatic heterocycles.